The lowest BCUT2D eigenvalue weighted by Gasteiger charge is -2.07. The minimum Gasteiger partial charge on any atom is -0.323 e. The number of benzene rings is 1. The van der Waals surface area contributed by atoms with E-state index in [1.807, 2.05) is 6.07 Å². The average Bonchev–Trinajstić information content (AvgIpc) is 2.18. The number of hydrogen-bond acceptors (Lipinski definition) is 4. The van der Waals surface area contributed by atoms with E-state index in [2.05, 4.69) is 0 Å². The second-order valence-corrected chi connectivity index (χ2v) is 2.94. The smallest absolute Gasteiger partial charge is 0.305 e. The van der Waals surface area contributed by atoms with Gasteiger partial charge < -0.3 is 5.73 Å². The Labute approximate surface area is 97.2 Å². The van der Waals surface area contributed by atoms with Crippen molar-refractivity contribution >= 4 is 18.1 Å². The average molecular weight is 246 g/mol. The molecule has 2 N–H and O–H groups in total. The number of nitro groups is 1. The van der Waals surface area contributed by atoms with Crippen molar-refractivity contribution in [1.82, 2.24) is 0 Å². The molecule has 16 heavy (non-hydrogen) atoms. The van der Waals surface area contributed by atoms with Crippen LogP contribution in [0.5, 0.6) is 0 Å². The van der Waals surface area contributed by atoms with E-state index in [0.717, 1.165) is 12.1 Å². The lowest BCUT2D eigenvalue weighted by Crippen LogP contribution is -2.09. The maximum Gasteiger partial charge on any atom is 0.305 e. The molecule has 1 aromatic carbocycles. The molecule has 0 saturated heterocycles. The number of rotatable bonds is 3. The lowest BCUT2D eigenvalue weighted by molar-refractivity contribution is -0.387. The number of nitrogens with zero attached hydrogens (tertiary/aromatic N) is 2. The van der Waals surface area contributed by atoms with Gasteiger partial charge in [0.1, 0.15) is 0 Å². The molecule has 0 aliphatic carbocycles. The van der Waals surface area contributed by atoms with E-state index in [1.165, 1.54) is 6.07 Å². The van der Waals surface area contributed by atoms with Crippen molar-refractivity contribution in [2.45, 2.75) is 12.5 Å². The number of nitriles is 1. The van der Waals surface area contributed by atoms with Crippen LogP contribution in [0.4, 0.5) is 10.1 Å². The largest absolute Gasteiger partial charge is 0.323 e. The molecule has 1 rings (SSSR count). The third kappa shape index (κ3) is 3.15. The molecule has 5 nitrogen and oxygen atoms in total. The molecule has 0 aliphatic rings. The highest BCUT2D eigenvalue weighted by atomic mass is 35.5. The van der Waals surface area contributed by atoms with Gasteiger partial charge >= 0.3 is 5.69 Å². The van der Waals surface area contributed by atoms with Gasteiger partial charge in [-0.05, 0) is 11.6 Å². The van der Waals surface area contributed by atoms with Crippen LogP contribution in [0.2, 0.25) is 0 Å². The molecule has 0 heterocycles. The highest BCUT2D eigenvalue weighted by Crippen LogP contribution is 2.22. The molecular formula is C9H9ClFN3O2. The first-order valence-electron chi connectivity index (χ1n) is 4.12. The van der Waals surface area contributed by atoms with Gasteiger partial charge in [0.05, 0.1) is 17.4 Å². The Balaban J connectivity index is 0.00000225. The molecule has 86 valence electrons. The van der Waals surface area contributed by atoms with Gasteiger partial charge in [0.25, 0.3) is 0 Å². The first kappa shape index (κ1) is 14.3. The molecule has 0 spiro atoms. The summed E-state index contributed by atoms with van der Waals surface area (Å²) in [6, 6.07) is 4.58. The number of nitrogens with two attached hydrogens (primary N) is 1. The standard InChI is InChI=1S/C9H8FN3O2.ClH/c10-7-2-1-6(8(12)3-4-11)5-9(7)13(14)15;/h1-2,5,8H,3,12H2;1H/t8-;/m0./s1. The Morgan fingerprint density at radius 1 is 1.62 bits per heavy atom. The first-order valence-corrected chi connectivity index (χ1v) is 4.12. The summed E-state index contributed by atoms with van der Waals surface area (Å²) < 4.78 is 12.9. The van der Waals surface area contributed by atoms with E-state index < -0.39 is 22.5 Å². The van der Waals surface area contributed by atoms with E-state index in [1.54, 1.807) is 0 Å². The molecule has 0 aromatic heterocycles. The van der Waals surface area contributed by atoms with Crippen LogP contribution >= 0.6 is 12.4 Å². The number of hydrogen-bond donors (Lipinski definition) is 1. The van der Waals surface area contributed by atoms with E-state index >= 15 is 0 Å². The zero-order chi connectivity index (χ0) is 11.4. The molecular weight excluding hydrogens is 237 g/mol. The van der Waals surface area contributed by atoms with Crippen LogP contribution in [0.25, 0.3) is 0 Å². The van der Waals surface area contributed by atoms with Crippen LogP contribution in [0, 0.1) is 27.3 Å². The summed E-state index contributed by atoms with van der Waals surface area (Å²) in [4.78, 5) is 9.59. The molecule has 1 atom stereocenters. The summed E-state index contributed by atoms with van der Waals surface area (Å²) in [6.07, 6.45) is 0.0305. The molecule has 7 heteroatoms. The van der Waals surface area contributed by atoms with E-state index in [4.69, 9.17) is 11.0 Å². The summed E-state index contributed by atoms with van der Waals surface area (Å²) >= 11 is 0. The number of halogens is 2. The Hall–Kier alpha value is -1.71. The van der Waals surface area contributed by atoms with Crippen molar-refractivity contribution in [2.24, 2.45) is 5.73 Å². The van der Waals surface area contributed by atoms with Gasteiger partial charge in [0.15, 0.2) is 0 Å². The lowest BCUT2D eigenvalue weighted by atomic mass is 10.0. The van der Waals surface area contributed by atoms with Crippen molar-refractivity contribution in [1.29, 1.82) is 5.26 Å². The quantitative estimate of drug-likeness (QED) is 0.652. The van der Waals surface area contributed by atoms with E-state index in [-0.39, 0.29) is 18.8 Å². The zero-order valence-corrected chi connectivity index (χ0v) is 8.91. The number of nitro benzene ring substituents is 1. The van der Waals surface area contributed by atoms with Gasteiger partial charge in [0, 0.05) is 12.1 Å². The third-order valence-corrected chi connectivity index (χ3v) is 1.91. The van der Waals surface area contributed by atoms with E-state index in [9.17, 15) is 14.5 Å². The minimum atomic E-state index is -0.909. The van der Waals surface area contributed by atoms with Crippen LogP contribution in [-0.4, -0.2) is 4.92 Å². The Kier molecular flexibility index (Phi) is 5.36. The molecule has 0 radical (unpaired) electrons. The van der Waals surface area contributed by atoms with Gasteiger partial charge in [0.2, 0.25) is 5.82 Å². The SMILES string of the molecule is Cl.N#CC[C@H](N)c1ccc(F)c([N+](=O)[O-])c1. The van der Waals surface area contributed by atoms with Gasteiger partial charge in [-0.1, -0.05) is 6.07 Å². The van der Waals surface area contributed by atoms with Gasteiger partial charge in [-0.15, -0.1) is 12.4 Å². The summed E-state index contributed by atoms with van der Waals surface area (Å²) in [5.74, 6) is -0.909. The second kappa shape index (κ2) is 6.00. The highest BCUT2D eigenvalue weighted by Gasteiger charge is 2.16. The van der Waals surface area contributed by atoms with Crippen molar-refractivity contribution in [2.75, 3.05) is 0 Å². The zero-order valence-electron chi connectivity index (χ0n) is 8.09. The van der Waals surface area contributed by atoms with Crippen LogP contribution < -0.4 is 5.73 Å². The molecule has 0 fully saturated rings. The molecule has 0 amide bonds. The molecule has 0 bridgehead atoms. The molecule has 0 aliphatic heterocycles. The molecule has 0 saturated carbocycles. The Morgan fingerprint density at radius 2 is 2.25 bits per heavy atom. The van der Waals surface area contributed by atoms with Crippen molar-refractivity contribution in [3.8, 4) is 6.07 Å². The normalized spacial score (nSPS) is 11.1. The van der Waals surface area contributed by atoms with Crippen molar-refractivity contribution in [3.63, 3.8) is 0 Å². The van der Waals surface area contributed by atoms with E-state index in [0.29, 0.717) is 5.56 Å². The third-order valence-electron chi connectivity index (χ3n) is 1.91. The Morgan fingerprint density at radius 3 is 2.75 bits per heavy atom. The van der Waals surface area contributed by atoms with Crippen LogP contribution in [0.15, 0.2) is 18.2 Å². The fourth-order valence-electron chi connectivity index (χ4n) is 1.12. The Bertz CT molecular complexity index is 433. The van der Waals surface area contributed by atoms with Gasteiger partial charge in [-0.25, -0.2) is 0 Å². The maximum atomic E-state index is 12.9. The summed E-state index contributed by atoms with van der Waals surface area (Å²) in [5.41, 5.74) is 5.31. The summed E-state index contributed by atoms with van der Waals surface area (Å²) in [5, 5.41) is 18.8. The predicted octanol–water partition coefficient (Wildman–Crippen LogP) is 2.07. The van der Waals surface area contributed by atoms with Gasteiger partial charge in [-0.3, -0.25) is 10.1 Å². The van der Waals surface area contributed by atoms with Gasteiger partial charge in [-0.2, -0.15) is 9.65 Å². The molecule has 0 unspecified atom stereocenters. The fraction of sp³-hybridized carbons (Fsp3) is 0.222. The fourth-order valence-corrected chi connectivity index (χ4v) is 1.12. The van der Waals surface area contributed by atoms with Crippen LogP contribution in [0.1, 0.15) is 18.0 Å². The van der Waals surface area contributed by atoms with Crippen molar-refractivity contribution < 1.29 is 9.31 Å². The highest BCUT2D eigenvalue weighted by molar-refractivity contribution is 5.85. The first-order chi connectivity index (χ1) is 7.06. The minimum absolute atomic E-state index is 0. The maximum absolute atomic E-state index is 12.9. The molecule has 1 aromatic rings. The second-order valence-electron chi connectivity index (χ2n) is 2.94. The predicted molar refractivity (Wildman–Crippen MR) is 57.5 cm³/mol. The summed E-state index contributed by atoms with van der Waals surface area (Å²) in [6.45, 7) is 0. The van der Waals surface area contributed by atoms with Crippen LogP contribution in [0.3, 0.4) is 0 Å². The van der Waals surface area contributed by atoms with Crippen LogP contribution in [-0.2, 0) is 0 Å². The monoisotopic (exact) mass is 245 g/mol. The van der Waals surface area contributed by atoms with Crippen molar-refractivity contribution in [3.05, 3.63) is 39.7 Å². The summed E-state index contributed by atoms with van der Waals surface area (Å²) in [7, 11) is 0. The topological polar surface area (TPSA) is 93.0 Å².